The van der Waals surface area contributed by atoms with Gasteiger partial charge < -0.3 is 19.4 Å². The topological polar surface area (TPSA) is 101 Å². The number of carbonyl (C=O) groups is 1. The highest BCUT2D eigenvalue weighted by atomic mass is 19.4. The Morgan fingerprint density at radius 1 is 1.18 bits per heavy atom. The molecule has 2 aromatic heterocycles. The Balaban J connectivity index is 1.66. The Hall–Kier alpha value is -3.14. The molecule has 28 heavy (non-hydrogen) atoms. The van der Waals surface area contributed by atoms with Crippen molar-refractivity contribution >= 4 is 5.91 Å². The maximum absolute atomic E-state index is 12.5. The van der Waals surface area contributed by atoms with Gasteiger partial charge in [-0.25, -0.2) is 0 Å². The Morgan fingerprint density at radius 2 is 1.86 bits per heavy atom. The molecule has 0 saturated carbocycles. The van der Waals surface area contributed by atoms with E-state index in [0.717, 1.165) is 0 Å². The van der Waals surface area contributed by atoms with Gasteiger partial charge in [0.1, 0.15) is 17.1 Å². The Bertz CT molecular complexity index is 975. The molecule has 7 nitrogen and oxygen atoms in total. The average Bonchev–Trinajstić information content (AvgIpc) is 3.29. The summed E-state index contributed by atoms with van der Waals surface area (Å²) in [5.41, 5.74) is -0.897. The zero-order chi connectivity index (χ0) is 20.5. The lowest BCUT2D eigenvalue weighted by Crippen LogP contribution is -2.38. The van der Waals surface area contributed by atoms with Gasteiger partial charge in [-0.05, 0) is 38.1 Å². The minimum absolute atomic E-state index is 0.0969. The number of hydrogen-bond acceptors (Lipinski definition) is 6. The summed E-state index contributed by atoms with van der Waals surface area (Å²) in [6.45, 7) is 3.14. The second kappa shape index (κ2) is 7.12. The molecule has 1 aromatic carbocycles. The summed E-state index contributed by atoms with van der Waals surface area (Å²) < 4.78 is 47.1. The first-order valence-electron chi connectivity index (χ1n) is 8.15. The van der Waals surface area contributed by atoms with Gasteiger partial charge in [0.2, 0.25) is 5.82 Å². The van der Waals surface area contributed by atoms with Gasteiger partial charge in [0, 0.05) is 11.1 Å². The predicted octanol–water partition coefficient (Wildman–Crippen LogP) is 3.29. The van der Waals surface area contributed by atoms with E-state index in [1.165, 1.54) is 31.2 Å². The van der Waals surface area contributed by atoms with E-state index in [2.05, 4.69) is 20.0 Å². The molecule has 2 N–H and O–H groups in total. The van der Waals surface area contributed by atoms with E-state index in [0.29, 0.717) is 11.5 Å². The van der Waals surface area contributed by atoms with Crippen LogP contribution in [0.15, 0.2) is 45.3 Å². The Kier molecular flexibility index (Phi) is 4.99. The molecule has 0 radical (unpaired) electrons. The number of nitrogens with zero attached hydrogens (tertiary/aromatic N) is 2. The average molecular weight is 395 g/mol. The second-order valence-electron chi connectivity index (χ2n) is 6.37. The number of alkyl halides is 3. The highest BCUT2D eigenvalue weighted by Crippen LogP contribution is 2.29. The number of benzene rings is 1. The van der Waals surface area contributed by atoms with E-state index < -0.39 is 23.6 Å². The van der Waals surface area contributed by atoms with Crippen LogP contribution >= 0.6 is 0 Å². The van der Waals surface area contributed by atoms with Gasteiger partial charge in [0.05, 0.1) is 6.54 Å². The third-order valence-corrected chi connectivity index (χ3v) is 3.94. The molecule has 0 aliphatic rings. The third-order valence-electron chi connectivity index (χ3n) is 3.94. The van der Waals surface area contributed by atoms with E-state index in [9.17, 15) is 23.1 Å². The largest absolute Gasteiger partial charge is 0.471 e. The van der Waals surface area contributed by atoms with Crippen LogP contribution in [-0.2, 0) is 11.8 Å². The zero-order valence-corrected chi connectivity index (χ0v) is 14.9. The molecule has 1 amide bonds. The van der Waals surface area contributed by atoms with Crippen molar-refractivity contribution < 1.29 is 32.0 Å². The number of carbonyl (C=O) groups excluding carboxylic acids is 1. The van der Waals surface area contributed by atoms with Crippen molar-refractivity contribution in [3.05, 3.63) is 59.4 Å². The fourth-order valence-corrected chi connectivity index (χ4v) is 2.39. The fourth-order valence-electron chi connectivity index (χ4n) is 2.39. The maximum atomic E-state index is 12.5. The van der Waals surface area contributed by atoms with Crippen molar-refractivity contribution in [2.45, 2.75) is 25.6 Å². The predicted molar refractivity (Wildman–Crippen MR) is 90.1 cm³/mol. The molecule has 148 valence electrons. The highest BCUT2D eigenvalue weighted by molar-refractivity contribution is 5.94. The van der Waals surface area contributed by atoms with E-state index in [4.69, 9.17) is 4.42 Å². The minimum atomic E-state index is -4.73. The van der Waals surface area contributed by atoms with Crippen molar-refractivity contribution in [1.82, 2.24) is 15.5 Å². The normalized spacial score (nSPS) is 13.9. The fraction of sp³-hybridized carbons (Fsp3) is 0.278. The monoisotopic (exact) mass is 395 g/mol. The summed E-state index contributed by atoms with van der Waals surface area (Å²) in [5, 5.41) is 16.3. The van der Waals surface area contributed by atoms with Gasteiger partial charge in [-0.3, -0.25) is 4.79 Å². The van der Waals surface area contributed by atoms with Crippen LogP contribution in [0.5, 0.6) is 0 Å². The molecular formula is C18H16F3N3O4. The van der Waals surface area contributed by atoms with Crippen molar-refractivity contribution in [2.75, 3.05) is 6.54 Å². The lowest BCUT2D eigenvalue weighted by atomic mass is 10.0. The van der Waals surface area contributed by atoms with Crippen molar-refractivity contribution in [1.29, 1.82) is 0 Å². The number of aliphatic hydroxyl groups is 1. The first kappa shape index (κ1) is 19.6. The molecule has 0 aliphatic heterocycles. The maximum Gasteiger partial charge on any atom is 0.471 e. The number of aryl methyl sites for hydroxylation is 1. The van der Waals surface area contributed by atoms with Crippen LogP contribution in [0.25, 0.3) is 11.4 Å². The molecule has 0 saturated heterocycles. The van der Waals surface area contributed by atoms with Crippen LogP contribution in [0.1, 0.15) is 34.7 Å². The number of hydrogen-bond donors (Lipinski definition) is 2. The molecule has 0 fully saturated rings. The second-order valence-corrected chi connectivity index (χ2v) is 6.37. The summed E-state index contributed by atoms with van der Waals surface area (Å²) in [4.78, 5) is 15.5. The van der Waals surface area contributed by atoms with Crippen LogP contribution in [0.2, 0.25) is 0 Å². The van der Waals surface area contributed by atoms with E-state index in [1.54, 1.807) is 19.1 Å². The molecule has 2 heterocycles. The number of amides is 1. The van der Waals surface area contributed by atoms with Crippen LogP contribution in [-0.4, -0.2) is 27.7 Å². The third kappa shape index (κ3) is 4.22. The highest BCUT2D eigenvalue weighted by Gasteiger charge is 2.38. The van der Waals surface area contributed by atoms with Gasteiger partial charge in [-0.2, -0.15) is 18.2 Å². The van der Waals surface area contributed by atoms with Crippen LogP contribution in [0.3, 0.4) is 0 Å². The van der Waals surface area contributed by atoms with Crippen LogP contribution in [0, 0.1) is 6.92 Å². The smallest absolute Gasteiger partial charge is 0.463 e. The summed E-state index contributed by atoms with van der Waals surface area (Å²) >= 11 is 0. The molecule has 1 atom stereocenters. The Morgan fingerprint density at radius 3 is 2.39 bits per heavy atom. The van der Waals surface area contributed by atoms with Crippen LogP contribution in [0.4, 0.5) is 13.2 Å². The van der Waals surface area contributed by atoms with E-state index in [1.807, 2.05) is 0 Å². The molecule has 0 spiro atoms. The lowest BCUT2D eigenvalue weighted by molar-refractivity contribution is -0.159. The first-order chi connectivity index (χ1) is 13.1. The molecule has 0 aliphatic carbocycles. The first-order valence-corrected chi connectivity index (χ1v) is 8.15. The van der Waals surface area contributed by atoms with Gasteiger partial charge in [-0.1, -0.05) is 17.3 Å². The minimum Gasteiger partial charge on any atom is -0.463 e. The van der Waals surface area contributed by atoms with Gasteiger partial charge in [0.15, 0.2) is 0 Å². The molecule has 3 aromatic rings. The molecule has 0 bridgehead atoms. The Labute approximate surface area is 157 Å². The molecule has 10 heteroatoms. The number of nitrogens with one attached hydrogen (secondary N) is 1. The number of furan rings is 1. The van der Waals surface area contributed by atoms with E-state index in [-0.39, 0.29) is 23.5 Å². The summed E-state index contributed by atoms with van der Waals surface area (Å²) in [6.07, 6.45) is -4.73. The van der Waals surface area contributed by atoms with Crippen LogP contribution < -0.4 is 5.32 Å². The summed E-state index contributed by atoms with van der Waals surface area (Å²) in [6, 6.07) is 8.92. The van der Waals surface area contributed by atoms with Gasteiger partial charge in [0.25, 0.3) is 5.91 Å². The standard InChI is InChI=1S/C18H16F3N3O4/c1-10-3-8-13(27-10)17(2,26)9-22-15(25)12-6-4-11(5-7-12)14-23-16(28-24-14)18(19,20)21/h3-8,26H,9H2,1-2H3,(H,22,25)/t17-/m0/s1. The van der Waals surface area contributed by atoms with E-state index >= 15 is 0 Å². The molecule has 3 rings (SSSR count). The van der Waals surface area contributed by atoms with Crippen molar-refractivity contribution in [3.63, 3.8) is 0 Å². The number of rotatable bonds is 5. The quantitative estimate of drug-likeness (QED) is 0.688. The van der Waals surface area contributed by atoms with Gasteiger partial charge in [-0.15, -0.1) is 0 Å². The molecule has 0 unspecified atom stereocenters. The van der Waals surface area contributed by atoms with Gasteiger partial charge >= 0.3 is 12.1 Å². The number of halogens is 3. The summed E-state index contributed by atoms with van der Waals surface area (Å²) in [7, 11) is 0. The SMILES string of the molecule is Cc1ccc([C@@](C)(O)CNC(=O)c2ccc(-c3noc(C(F)(F)F)n3)cc2)o1. The zero-order valence-electron chi connectivity index (χ0n) is 14.9. The van der Waals surface area contributed by atoms with Crippen molar-refractivity contribution in [3.8, 4) is 11.4 Å². The lowest BCUT2D eigenvalue weighted by Gasteiger charge is -2.21. The summed E-state index contributed by atoms with van der Waals surface area (Å²) in [5.74, 6) is -1.21. The number of aromatic nitrogens is 2. The molecular weight excluding hydrogens is 379 g/mol. The van der Waals surface area contributed by atoms with Crippen molar-refractivity contribution in [2.24, 2.45) is 0 Å².